The minimum atomic E-state index is 0.615. The largest absolute Gasteiger partial charge is 0.381 e. The van der Waals surface area contributed by atoms with Gasteiger partial charge in [0.2, 0.25) is 0 Å². The molecule has 1 aromatic rings. The van der Waals surface area contributed by atoms with E-state index in [0.717, 1.165) is 17.6 Å². The number of benzene rings is 1. The summed E-state index contributed by atoms with van der Waals surface area (Å²) >= 11 is 3.58. The van der Waals surface area contributed by atoms with Crippen LogP contribution >= 0.6 is 15.9 Å². The number of hydrogen-bond donors (Lipinski definition) is 2. The molecule has 1 aliphatic heterocycles. The van der Waals surface area contributed by atoms with Crippen molar-refractivity contribution >= 4 is 21.6 Å². The van der Waals surface area contributed by atoms with E-state index in [1.165, 1.54) is 24.1 Å². The predicted molar refractivity (Wildman–Crippen MR) is 68.4 cm³/mol. The van der Waals surface area contributed by atoms with Gasteiger partial charge in [0.1, 0.15) is 0 Å². The van der Waals surface area contributed by atoms with Gasteiger partial charge in [-0.1, -0.05) is 6.07 Å². The van der Waals surface area contributed by atoms with Crippen LogP contribution in [0, 0.1) is 6.92 Å². The van der Waals surface area contributed by atoms with Gasteiger partial charge < -0.3 is 10.6 Å². The summed E-state index contributed by atoms with van der Waals surface area (Å²) < 4.78 is 1.16. The third kappa shape index (κ3) is 2.95. The number of rotatable bonds is 2. The molecule has 0 aliphatic carbocycles. The normalized spacial score (nSPS) is 17.7. The topological polar surface area (TPSA) is 24.1 Å². The van der Waals surface area contributed by atoms with Gasteiger partial charge in [-0.05, 0) is 66.5 Å². The first-order chi connectivity index (χ1) is 7.25. The lowest BCUT2D eigenvalue weighted by molar-refractivity contribution is 0.479. The maximum atomic E-state index is 3.60. The first-order valence-corrected chi connectivity index (χ1v) is 6.28. The number of nitrogens with one attached hydrogen (secondary N) is 2. The van der Waals surface area contributed by atoms with E-state index in [9.17, 15) is 0 Å². The van der Waals surface area contributed by atoms with Gasteiger partial charge >= 0.3 is 0 Å². The molecule has 1 aromatic carbocycles. The molecule has 1 fully saturated rings. The van der Waals surface area contributed by atoms with Gasteiger partial charge in [-0.15, -0.1) is 0 Å². The third-order valence-corrected chi connectivity index (χ3v) is 3.51. The zero-order valence-electron chi connectivity index (χ0n) is 9.02. The summed E-state index contributed by atoms with van der Waals surface area (Å²) in [7, 11) is 0. The fourth-order valence-corrected chi connectivity index (χ4v) is 2.30. The van der Waals surface area contributed by atoms with E-state index in [1.54, 1.807) is 0 Å². The third-order valence-electron chi connectivity index (χ3n) is 2.82. The van der Waals surface area contributed by atoms with Crippen molar-refractivity contribution in [2.45, 2.75) is 25.8 Å². The maximum absolute atomic E-state index is 3.60. The average Bonchev–Trinajstić information content (AvgIpc) is 2.25. The zero-order valence-corrected chi connectivity index (χ0v) is 10.6. The second kappa shape index (κ2) is 4.99. The molecule has 0 saturated carbocycles. The van der Waals surface area contributed by atoms with Crippen LogP contribution in [0.25, 0.3) is 0 Å². The number of anilines is 1. The van der Waals surface area contributed by atoms with Crippen LogP contribution in [0.15, 0.2) is 22.7 Å². The van der Waals surface area contributed by atoms with Crippen LogP contribution in [-0.4, -0.2) is 19.1 Å². The highest BCUT2D eigenvalue weighted by molar-refractivity contribution is 9.10. The summed E-state index contributed by atoms with van der Waals surface area (Å²) in [6, 6.07) is 7.05. The lowest BCUT2D eigenvalue weighted by Crippen LogP contribution is -2.35. The van der Waals surface area contributed by atoms with Crippen LogP contribution in [0.5, 0.6) is 0 Å². The van der Waals surface area contributed by atoms with Gasteiger partial charge in [0.05, 0.1) is 0 Å². The van der Waals surface area contributed by atoms with Crippen molar-refractivity contribution in [2.24, 2.45) is 0 Å². The second-order valence-corrected chi connectivity index (χ2v) is 5.01. The van der Waals surface area contributed by atoms with Crippen molar-refractivity contribution in [2.75, 3.05) is 18.4 Å². The van der Waals surface area contributed by atoms with E-state index in [0.29, 0.717) is 6.04 Å². The standard InChI is InChI=1S/C12H17BrN2/c1-9-2-3-11(13)12(8-9)15-10-4-6-14-7-5-10/h2-3,8,10,14-15H,4-7H2,1H3. The molecule has 0 bridgehead atoms. The van der Waals surface area contributed by atoms with Crippen molar-refractivity contribution in [3.05, 3.63) is 28.2 Å². The first-order valence-electron chi connectivity index (χ1n) is 5.49. The van der Waals surface area contributed by atoms with E-state index in [-0.39, 0.29) is 0 Å². The predicted octanol–water partition coefficient (Wildman–Crippen LogP) is 2.92. The maximum Gasteiger partial charge on any atom is 0.0489 e. The lowest BCUT2D eigenvalue weighted by Gasteiger charge is -2.25. The van der Waals surface area contributed by atoms with Gasteiger partial charge in [0, 0.05) is 16.2 Å². The molecule has 1 heterocycles. The highest BCUT2D eigenvalue weighted by Gasteiger charge is 2.13. The van der Waals surface area contributed by atoms with Crippen LogP contribution in [0.3, 0.4) is 0 Å². The van der Waals surface area contributed by atoms with Crippen molar-refractivity contribution < 1.29 is 0 Å². The molecule has 0 amide bonds. The van der Waals surface area contributed by atoms with E-state index in [1.807, 2.05) is 0 Å². The molecular weight excluding hydrogens is 252 g/mol. The summed E-state index contributed by atoms with van der Waals surface area (Å²) in [6.45, 7) is 4.38. The molecule has 0 aromatic heterocycles. The van der Waals surface area contributed by atoms with Gasteiger partial charge in [-0.3, -0.25) is 0 Å². The molecule has 3 heteroatoms. The SMILES string of the molecule is Cc1ccc(Br)c(NC2CCNCC2)c1. The monoisotopic (exact) mass is 268 g/mol. The molecule has 2 N–H and O–H groups in total. The smallest absolute Gasteiger partial charge is 0.0489 e. The molecule has 2 rings (SSSR count). The van der Waals surface area contributed by atoms with Gasteiger partial charge in [0.15, 0.2) is 0 Å². The Bertz CT molecular complexity index is 332. The Labute approximate surface area is 99.6 Å². The van der Waals surface area contributed by atoms with Gasteiger partial charge in [0.25, 0.3) is 0 Å². The van der Waals surface area contributed by atoms with Crippen molar-refractivity contribution in [3.63, 3.8) is 0 Å². The Kier molecular flexibility index (Phi) is 3.65. The van der Waals surface area contributed by atoms with E-state index in [4.69, 9.17) is 0 Å². The molecule has 1 aliphatic rings. The number of hydrogen-bond acceptors (Lipinski definition) is 2. The van der Waals surface area contributed by atoms with Crippen LogP contribution in [0.1, 0.15) is 18.4 Å². The molecule has 82 valence electrons. The molecule has 0 atom stereocenters. The minimum absolute atomic E-state index is 0.615. The fourth-order valence-electron chi connectivity index (χ4n) is 1.94. The Morgan fingerprint density at radius 1 is 1.33 bits per heavy atom. The summed E-state index contributed by atoms with van der Waals surface area (Å²) in [5.74, 6) is 0. The number of halogens is 1. The molecule has 15 heavy (non-hydrogen) atoms. The number of aryl methyl sites for hydroxylation is 1. The van der Waals surface area contributed by atoms with E-state index in [2.05, 4.69) is 51.7 Å². The Morgan fingerprint density at radius 3 is 2.80 bits per heavy atom. The van der Waals surface area contributed by atoms with Crippen LogP contribution in [-0.2, 0) is 0 Å². The molecule has 2 nitrogen and oxygen atoms in total. The first kappa shape index (κ1) is 11.0. The van der Waals surface area contributed by atoms with Crippen LogP contribution in [0.2, 0.25) is 0 Å². The van der Waals surface area contributed by atoms with Gasteiger partial charge in [-0.25, -0.2) is 0 Å². The molecular formula is C12H17BrN2. The zero-order chi connectivity index (χ0) is 10.7. The Morgan fingerprint density at radius 2 is 2.07 bits per heavy atom. The molecule has 0 radical (unpaired) electrons. The molecule has 1 saturated heterocycles. The Balaban J connectivity index is 2.05. The lowest BCUT2D eigenvalue weighted by atomic mass is 10.1. The highest BCUT2D eigenvalue weighted by Crippen LogP contribution is 2.25. The fraction of sp³-hybridized carbons (Fsp3) is 0.500. The average molecular weight is 269 g/mol. The molecule has 0 unspecified atom stereocenters. The Hall–Kier alpha value is -0.540. The van der Waals surface area contributed by atoms with Crippen molar-refractivity contribution in [1.82, 2.24) is 5.32 Å². The van der Waals surface area contributed by atoms with Crippen molar-refractivity contribution in [3.8, 4) is 0 Å². The van der Waals surface area contributed by atoms with Crippen LogP contribution < -0.4 is 10.6 Å². The van der Waals surface area contributed by atoms with Crippen molar-refractivity contribution in [1.29, 1.82) is 0 Å². The van der Waals surface area contributed by atoms with E-state index >= 15 is 0 Å². The summed E-state index contributed by atoms with van der Waals surface area (Å²) in [4.78, 5) is 0. The molecule has 0 spiro atoms. The van der Waals surface area contributed by atoms with E-state index < -0.39 is 0 Å². The number of piperidine rings is 1. The van der Waals surface area contributed by atoms with Gasteiger partial charge in [-0.2, -0.15) is 0 Å². The van der Waals surface area contributed by atoms with Crippen LogP contribution in [0.4, 0.5) is 5.69 Å². The summed E-state index contributed by atoms with van der Waals surface area (Å²) in [5, 5.41) is 6.98. The second-order valence-electron chi connectivity index (χ2n) is 4.15. The highest BCUT2D eigenvalue weighted by atomic mass is 79.9. The summed E-state index contributed by atoms with van der Waals surface area (Å²) in [6.07, 6.45) is 2.42. The summed E-state index contributed by atoms with van der Waals surface area (Å²) in [5.41, 5.74) is 2.52. The minimum Gasteiger partial charge on any atom is -0.381 e. The quantitative estimate of drug-likeness (QED) is 0.862.